The molecule has 1 aliphatic carbocycles. The SMILES string of the molecule is CC(=O)O[C@@H]1CC=C(C)[C@H]2COC(=O)[C@@]21C. The summed E-state index contributed by atoms with van der Waals surface area (Å²) in [6, 6.07) is 0. The summed E-state index contributed by atoms with van der Waals surface area (Å²) in [7, 11) is 0. The third-order valence-corrected chi connectivity index (χ3v) is 3.73. The van der Waals surface area contributed by atoms with Crippen LogP contribution in [0, 0.1) is 11.3 Å². The van der Waals surface area contributed by atoms with Gasteiger partial charge in [0.15, 0.2) is 0 Å². The van der Waals surface area contributed by atoms with Crippen LogP contribution in [0.3, 0.4) is 0 Å². The lowest BCUT2D eigenvalue weighted by molar-refractivity contribution is -0.163. The third-order valence-electron chi connectivity index (χ3n) is 3.73. The van der Waals surface area contributed by atoms with Crippen LogP contribution in [0.2, 0.25) is 0 Å². The Hall–Kier alpha value is -1.32. The van der Waals surface area contributed by atoms with Crippen LogP contribution in [0.1, 0.15) is 27.2 Å². The molecule has 1 heterocycles. The average molecular weight is 224 g/mol. The fourth-order valence-electron chi connectivity index (χ4n) is 2.64. The van der Waals surface area contributed by atoms with E-state index in [0.29, 0.717) is 13.0 Å². The van der Waals surface area contributed by atoms with Crippen LogP contribution in [0.15, 0.2) is 11.6 Å². The Morgan fingerprint density at radius 2 is 2.31 bits per heavy atom. The van der Waals surface area contributed by atoms with Crippen LogP contribution in [-0.2, 0) is 19.1 Å². The third kappa shape index (κ3) is 1.44. The second-order valence-corrected chi connectivity index (χ2v) is 4.72. The lowest BCUT2D eigenvalue weighted by atomic mass is 9.67. The highest BCUT2D eigenvalue weighted by molar-refractivity contribution is 5.81. The maximum atomic E-state index is 11.8. The highest BCUT2D eigenvalue weighted by atomic mass is 16.6. The lowest BCUT2D eigenvalue weighted by Crippen LogP contribution is -2.46. The first-order valence-electron chi connectivity index (χ1n) is 5.47. The first-order chi connectivity index (χ1) is 7.46. The summed E-state index contributed by atoms with van der Waals surface area (Å²) in [5, 5.41) is 0. The molecule has 0 N–H and O–H groups in total. The number of carbonyl (C=O) groups is 2. The van der Waals surface area contributed by atoms with Crippen molar-refractivity contribution in [1.29, 1.82) is 0 Å². The topological polar surface area (TPSA) is 52.6 Å². The number of cyclic esters (lactones) is 1. The van der Waals surface area contributed by atoms with Crippen molar-refractivity contribution in [2.45, 2.75) is 33.3 Å². The first-order valence-corrected chi connectivity index (χ1v) is 5.47. The highest BCUT2D eigenvalue weighted by Crippen LogP contribution is 2.47. The van der Waals surface area contributed by atoms with E-state index in [1.807, 2.05) is 19.9 Å². The molecule has 3 atom stereocenters. The van der Waals surface area contributed by atoms with Gasteiger partial charge in [0.05, 0.1) is 6.61 Å². The summed E-state index contributed by atoms with van der Waals surface area (Å²) >= 11 is 0. The molecule has 2 rings (SSSR count). The zero-order valence-electron chi connectivity index (χ0n) is 9.78. The largest absolute Gasteiger partial charge is 0.464 e. The molecule has 88 valence electrons. The van der Waals surface area contributed by atoms with E-state index in [-0.39, 0.29) is 17.9 Å². The van der Waals surface area contributed by atoms with Gasteiger partial charge in [-0.05, 0) is 13.8 Å². The molecule has 0 amide bonds. The smallest absolute Gasteiger partial charge is 0.316 e. The molecular formula is C12H16O4. The molecule has 0 aromatic rings. The van der Waals surface area contributed by atoms with Gasteiger partial charge in [-0.1, -0.05) is 11.6 Å². The van der Waals surface area contributed by atoms with E-state index in [2.05, 4.69) is 0 Å². The number of esters is 2. The van der Waals surface area contributed by atoms with Gasteiger partial charge in [0.2, 0.25) is 0 Å². The van der Waals surface area contributed by atoms with Gasteiger partial charge < -0.3 is 9.47 Å². The Balaban J connectivity index is 2.34. The fraction of sp³-hybridized carbons (Fsp3) is 0.667. The quantitative estimate of drug-likeness (QED) is 0.499. The van der Waals surface area contributed by atoms with E-state index in [1.165, 1.54) is 6.92 Å². The van der Waals surface area contributed by atoms with Crippen molar-refractivity contribution in [1.82, 2.24) is 0 Å². The Morgan fingerprint density at radius 1 is 1.62 bits per heavy atom. The van der Waals surface area contributed by atoms with Crippen molar-refractivity contribution >= 4 is 11.9 Å². The van der Waals surface area contributed by atoms with E-state index in [1.54, 1.807) is 0 Å². The normalized spacial score (nSPS) is 37.4. The van der Waals surface area contributed by atoms with Crippen molar-refractivity contribution < 1.29 is 19.1 Å². The van der Waals surface area contributed by atoms with Gasteiger partial charge >= 0.3 is 11.9 Å². The van der Waals surface area contributed by atoms with Crippen molar-refractivity contribution in [2.24, 2.45) is 11.3 Å². The van der Waals surface area contributed by atoms with Gasteiger partial charge in [-0.15, -0.1) is 0 Å². The van der Waals surface area contributed by atoms with E-state index >= 15 is 0 Å². The molecule has 0 aromatic carbocycles. The van der Waals surface area contributed by atoms with Gasteiger partial charge in [0.25, 0.3) is 0 Å². The van der Waals surface area contributed by atoms with E-state index < -0.39 is 11.5 Å². The Bertz CT molecular complexity index is 371. The summed E-state index contributed by atoms with van der Waals surface area (Å²) in [5.74, 6) is -0.563. The summed E-state index contributed by atoms with van der Waals surface area (Å²) in [4.78, 5) is 22.9. The van der Waals surface area contributed by atoms with Crippen LogP contribution >= 0.6 is 0 Å². The number of fused-ring (bicyclic) bond motifs is 1. The summed E-state index contributed by atoms with van der Waals surface area (Å²) < 4.78 is 10.4. The minimum Gasteiger partial charge on any atom is -0.464 e. The Labute approximate surface area is 94.6 Å². The average Bonchev–Trinajstić information content (AvgIpc) is 2.50. The van der Waals surface area contributed by atoms with Crippen LogP contribution in [0.4, 0.5) is 0 Å². The molecule has 16 heavy (non-hydrogen) atoms. The molecule has 0 radical (unpaired) electrons. The zero-order valence-corrected chi connectivity index (χ0v) is 9.78. The molecule has 1 fully saturated rings. The summed E-state index contributed by atoms with van der Waals surface area (Å²) in [5.41, 5.74) is 0.446. The van der Waals surface area contributed by atoms with Gasteiger partial charge in [-0.25, -0.2) is 0 Å². The molecule has 0 saturated carbocycles. The molecule has 0 aromatic heterocycles. The van der Waals surface area contributed by atoms with Gasteiger partial charge in [-0.2, -0.15) is 0 Å². The molecule has 1 saturated heterocycles. The number of hydrogen-bond acceptors (Lipinski definition) is 4. The predicted octanol–water partition coefficient (Wildman–Crippen LogP) is 1.45. The maximum absolute atomic E-state index is 11.8. The van der Waals surface area contributed by atoms with Crippen LogP contribution in [-0.4, -0.2) is 24.6 Å². The molecule has 0 spiro atoms. The van der Waals surface area contributed by atoms with E-state index in [4.69, 9.17) is 9.47 Å². The number of hydrogen-bond donors (Lipinski definition) is 0. The van der Waals surface area contributed by atoms with Crippen molar-refractivity contribution in [3.05, 3.63) is 11.6 Å². The number of ether oxygens (including phenoxy) is 2. The van der Waals surface area contributed by atoms with Gasteiger partial charge in [-0.3, -0.25) is 9.59 Å². The van der Waals surface area contributed by atoms with Crippen LogP contribution in [0.25, 0.3) is 0 Å². The molecule has 2 aliphatic rings. The van der Waals surface area contributed by atoms with Crippen molar-refractivity contribution in [3.63, 3.8) is 0 Å². The lowest BCUT2D eigenvalue weighted by Gasteiger charge is -2.37. The molecule has 0 bridgehead atoms. The summed E-state index contributed by atoms with van der Waals surface area (Å²) in [6.45, 7) is 5.59. The predicted molar refractivity (Wildman–Crippen MR) is 56.5 cm³/mol. The molecule has 0 unspecified atom stereocenters. The fourth-order valence-corrected chi connectivity index (χ4v) is 2.64. The first kappa shape index (κ1) is 11.2. The monoisotopic (exact) mass is 224 g/mol. The molecular weight excluding hydrogens is 208 g/mol. The standard InChI is InChI=1S/C12H16O4/c1-7-4-5-10(16-8(2)13)12(3)9(7)6-15-11(12)14/h4,9-10H,5-6H2,1-3H3/t9-,10-,12+/m1/s1. The van der Waals surface area contributed by atoms with Gasteiger partial charge in [0, 0.05) is 19.3 Å². The molecule has 4 heteroatoms. The maximum Gasteiger partial charge on any atom is 0.316 e. The molecule has 1 aliphatic heterocycles. The second-order valence-electron chi connectivity index (χ2n) is 4.72. The number of rotatable bonds is 1. The van der Waals surface area contributed by atoms with Crippen LogP contribution in [0.5, 0.6) is 0 Å². The Morgan fingerprint density at radius 3 is 2.94 bits per heavy atom. The van der Waals surface area contributed by atoms with E-state index in [9.17, 15) is 9.59 Å². The van der Waals surface area contributed by atoms with Crippen LogP contribution < -0.4 is 0 Å². The minimum atomic E-state index is -0.704. The minimum absolute atomic E-state index is 0.0399. The Kier molecular flexibility index (Phi) is 2.52. The van der Waals surface area contributed by atoms with Crippen molar-refractivity contribution in [3.8, 4) is 0 Å². The second kappa shape index (κ2) is 3.61. The van der Waals surface area contributed by atoms with Gasteiger partial charge in [0.1, 0.15) is 11.5 Å². The van der Waals surface area contributed by atoms with E-state index in [0.717, 1.165) is 5.57 Å². The highest BCUT2D eigenvalue weighted by Gasteiger charge is 2.57. The number of carbonyl (C=O) groups excluding carboxylic acids is 2. The molecule has 4 nitrogen and oxygen atoms in total. The summed E-state index contributed by atoms with van der Waals surface area (Å²) in [6.07, 6.45) is 2.23. The van der Waals surface area contributed by atoms with Crippen molar-refractivity contribution in [2.75, 3.05) is 6.61 Å². The zero-order chi connectivity index (χ0) is 11.9.